The molecule has 1 N–H and O–H groups in total. The van der Waals surface area contributed by atoms with Gasteiger partial charge in [-0.05, 0) is 53.2 Å². The van der Waals surface area contributed by atoms with Crippen molar-refractivity contribution in [1.29, 1.82) is 0 Å². The molecule has 0 radical (unpaired) electrons. The Morgan fingerprint density at radius 1 is 1.38 bits per heavy atom. The lowest BCUT2D eigenvalue weighted by Gasteiger charge is -2.21. The number of halogens is 1. The molecule has 0 aromatic carbocycles. The number of aromatic nitrogens is 1. The van der Waals surface area contributed by atoms with Crippen LogP contribution in [-0.2, 0) is 4.74 Å². The van der Waals surface area contributed by atoms with E-state index in [1.807, 2.05) is 18.3 Å². The maximum atomic E-state index is 5.34. The second-order valence-corrected chi connectivity index (χ2v) is 5.05. The Balaban J connectivity index is 1.69. The average Bonchev–Trinajstić information content (AvgIpc) is 2.33. The van der Waals surface area contributed by atoms with Crippen LogP contribution in [0.3, 0.4) is 0 Å². The third-order valence-corrected chi connectivity index (χ3v) is 3.40. The standard InChI is InChI=1S/C12H17BrN2O/c13-11-1-2-12(15-9-11)14-6-3-10-4-7-16-8-5-10/h1-2,9-10H,3-8H2,(H,14,15). The van der Waals surface area contributed by atoms with E-state index in [2.05, 4.69) is 26.2 Å². The van der Waals surface area contributed by atoms with E-state index in [9.17, 15) is 0 Å². The maximum Gasteiger partial charge on any atom is 0.125 e. The molecule has 1 aliphatic rings. The molecule has 2 rings (SSSR count). The van der Waals surface area contributed by atoms with Gasteiger partial charge in [0.15, 0.2) is 0 Å². The van der Waals surface area contributed by atoms with Crippen LogP contribution in [-0.4, -0.2) is 24.7 Å². The van der Waals surface area contributed by atoms with Gasteiger partial charge in [0.1, 0.15) is 5.82 Å². The van der Waals surface area contributed by atoms with Crippen LogP contribution in [0.25, 0.3) is 0 Å². The lowest BCUT2D eigenvalue weighted by Crippen LogP contribution is -2.18. The summed E-state index contributed by atoms with van der Waals surface area (Å²) < 4.78 is 6.36. The van der Waals surface area contributed by atoms with Gasteiger partial charge in [-0.1, -0.05) is 0 Å². The Bertz CT molecular complexity index is 309. The van der Waals surface area contributed by atoms with E-state index in [1.54, 1.807) is 0 Å². The molecular weight excluding hydrogens is 268 g/mol. The van der Waals surface area contributed by atoms with Crippen LogP contribution >= 0.6 is 15.9 Å². The van der Waals surface area contributed by atoms with E-state index in [0.29, 0.717) is 0 Å². The van der Waals surface area contributed by atoms with Crippen LogP contribution in [0.4, 0.5) is 5.82 Å². The van der Waals surface area contributed by atoms with Gasteiger partial charge in [0.2, 0.25) is 0 Å². The molecule has 1 aromatic rings. The first-order valence-electron chi connectivity index (χ1n) is 5.78. The summed E-state index contributed by atoms with van der Waals surface area (Å²) in [7, 11) is 0. The number of nitrogens with zero attached hydrogens (tertiary/aromatic N) is 1. The van der Waals surface area contributed by atoms with Gasteiger partial charge < -0.3 is 10.1 Å². The highest BCUT2D eigenvalue weighted by molar-refractivity contribution is 9.10. The molecule has 0 aliphatic carbocycles. The quantitative estimate of drug-likeness (QED) is 0.923. The van der Waals surface area contributed by atoms with E-state index in [-0.39, 0.29) is 0 Å². The smallest absolute Gasteiger partial charge is 0.125 e. The molecule has 2 heterocycles. The number of ether oxygens (including phenoxy) is 1. The second-order valence-electron chi connectivity index (χ2n) is 4.13. The molecular formula is C12H17BrN2O. The predicted octanol–water partition coefficient (Wildman–Crippen LogP) is 3.07. The SMILES string of the molecule is Brc1ccc(NCCC2CCOCC2)nc1. The molecule has 0 bridgehead atoms. The van der Waals surface area contributed by atoms with E-state index < -0.39 is 0 Å². The molecule has 1 aliphatic heterocycles. The van der Waals surface area contributed by atoms with Crippen LogP contribution in [0.1, 0.15) is 19.3 Å². The third-order valence-electron chi connectivity index (χ3n) is 2.93. The van der Waals surface area contributed by atoms with E-state index in [4.69, 9.17) is 4.74 Å². The first kappa shape index (κ1) is 11.9. The van der Waals surface area contributed by atoms with Crippen molar-refractivity contribution < 1.29 is 4.74 Å². The monoisotopic (exact) mass is 284 g/mol. The topological polar surface area (TPSA) is 34.1 Å². The Morgan fingerprint density at radius 3 is 2.88 bits per heavy atom. The Kier molecular flexibility index (Phi) is 4.60. The van der Waals surface area contributed by atoms with Crippen molar-refractivity contribution in [3.8, 4) is 0 Å². The summed E-state index contributed by atoms with van der Waals surface area (Å²) in [5.41, 5.74) is 0. The van der Waals surface area contributed by atoms with Crippen molar-refractivity contribution in [3.63, 3.8) is 0 Å². The highest BCUT2D eigenvalue weighted by Crippen LogP contribution is 2.18. The molecule has 3 nitrogen and oxygen atoms in total. The van der Waals surface area contributed by atoms with Crippen LogP contribution in [0.15, 0.2) is 22.8 Å². The van der Waals surface area contributed by atoms with Crippen molar-refractivity contribution in [2.24, 2.45) is 5.92 Å². The minimum Gasteiger partial charge on any atom is -0.381 e. The average molecular weight is 285 g/mol. The zero-order chi connectivity index (χ0) is 11.2. The van der Waals surface area contributed by atoms with Crippen LogP contribution in [0.5, 0.6) is 0 Å². The van der Waals surface area contributed by atoms with Gasteiger partial charge in [-0.3, -0.25) is 0 Å². The Morgan fingerprint density at radius 2 is 2.19 bits per heavy atom. The predicted molar refractivity (Wildman–Crippen MR) is 68.6 cm³/mol. The van der Waals surface area contributed by atoms with Gasteiger partial charge in [-0.2, -0.15) is 0 Å². The second kappa shape index (κ2) is 6.21. The fourth-order valence-corrected chi connectivity index (χ4v) is 2.15. The van der Waals surface area contributed by atoms with Crippen molar-refractivity contribution >= 4 is 21.7 Å². The minimum absolute atomic E-state index is 0.816. The molecule has 0 spiro atoms. The summed E-state index contributed by atoms with van der Waals surface area (Å²) in [6.07, 6.45) is 5.43. The number of hydrogen-bond donors (Lipinski definition) is 1. The zero-order valence-corrected chi connectivity index (χ0v) is 10.9. The highest BCUT2D eigenvalue weighted by Gasteiger charge is 2.12. The fraction of sp³-hybridized carbons (Fsp3) is 0.583. The van der Waals surface area contributed by atoms with E-state index >= 15 is 0 Å². The number of pyridine rings is 1. The first-order chi connectivity index (χ1) is 7.84. The molecule has 0 saturated carbocycles. The summed E-state index contributed by atoms with van der Waals surface area (Å²) in [5, 5.41) is 3.35. The van der Waals surface area contributed by atoms with Gasteiger partial charge in [-0.25, -0.2) is 4.98 Å². The lowest BCUT2D eigenvalue weighted by molar-refractivity contribution is 0.0649. The largest absolute Gasteiger partial charge is 0.381 e. The van der Waals surface area contributed by atoms with Gasteiger partial charge in [-0.15, -0.1) is 0 Å². The molecule has 0 atom stereocenters. The molecule has 4 heteroatoms. The number of hydrogen-bond acceptors (Lipinski definition) is 3. The van der Waals surface area contributed by atoms with Crippen LogP contribution < -0.4 is 5.32 Å². The van der Waals surface area contributed by atoms with Gasteiger partial charge in [0, 0.05) is 30.4 Å². The van der Waals surface area contributed by atoms with E-state index in [0.717, 1.165) is 36.0 Å². The first-order valence-corrected chi connectivity index (χ1v) is 6.57. The zero-order valence-electron chi connectivity index (χ0n) is 9.29. The lowest BCUT2D eigenvalue weighted by atomic mass is 9.97. The number of anilines is 1. The minimum atomic E-state index is 0.816. The normalized spacial score (nSPS) is 17.3. The molecule has 88 valence electrons. The third kappa shape index (κ3) is 3.76. The van der Waals surface area contributed by atoms with Gasteiger partial charge in [0.05, 0.1) is 0 Å². The van der Waals surface area contributed by atoms with Gasteiger partial charge in [0.25, 0.3) is 0 Å². The van der Waals surface area contributed by atoms with Crippen LogP contribution in [0, 0.1) is 5.92 Å². The molecule has 1 saturated heterocycles. The van der Waals surface area contributed by atoms with Crippen molar-refractivity contribution in [2.75, 3.05) is 25.1 Å². The molecule has 1 aromatic heterocycles. The van der Waals surface area contributed by atoms with Crippen molar-refractivity contribution in [2.45, 2.75) is 19.3 Å². The van der Waals surface area contributed by atoms with Crippen molar-refractivity contribution in [3.05, 3.63) is 22.8 Å². The molecule has 16 heavy (non-hydrogen) atoms. The molecule has 0 amide bonds. The maximum absolute atomic E-state index is 5.34. The number of rotatable bonds is 4. The van der Waals surface area contributed by atoms with E-state index in [1.165, 1.54) is 19.3 Å². The molecule has 1 fully saturated rings. The number of nitrogens with one attached hydrogen (secondary N) is 1. The summed E-state index contributed by atoms with van der Waals surface area (Å²) in [6, 6.07) is 4.00. The highest BCUT2D eigenvalue weighted by atomic mass is 79.9. The van der Waals surface area contributed by atoms with Crippen LogP contribution in [0.2, 0.25) is 0 Å². The summed E-state index contributed by atoms with van der Waals surface area (Å²) in [4.78, 5) is 4.28. The summed E-state index contributed by atoms with van der Waals surface area (Å²) in [6.45, 7) is 2.86. The van der Waals surface area contributed by atoms with Crippen molar-refractivity contribution in [1.82, 2.24) is 4.98 Å². The Labute approximate surface area is 105 Å². The fourth-order valence-electron chi connectivity index (χ4n) is 1.92. The molecule has 0 unspecified atom stereocenters. The van der Waals surface area contributed by atoms with Gasteiger partial charge >= 0.3 is 0 Å². The summed E-state index contributed by atoms with van der Waals surface area (Å²) >= 11 is 3.37. The summed E-state index contributed by atoms with van der Waals surface area (Å²) in [5.74, 6) is 1.77. The Hall–Kier alpha value is -0.610.